The Morgan fingerprint density at radius 1 is 1.30 bits per heavy atom. The first-order chi connectivity index (χ1) is 10.9. The molecule has 0 saturated heterocycles. The van der Waals surface area contributed by atoms with Gasteiger partial charge in [-0.05, 0) is 18.6 Å². The first kappa shape index (κ1) is 17.6. The molecule has 0 saturated carbocycles. The van der Waals surface area contributed by atoms with E-state index in [-0.39, 0.29) is 11.5 Å². The lowest BCUT2D eigenvalue weighted by Gasteiger charge is -2.22. The summed E-state index contributed by atoms with van der Waals surface area (Å²) in [7, 11) is 0. The standard InChI is InChI=1S/C18H23N3OS/c1-14(22-12-15-8-6-5-7-9-15)11-21-16(18(2,3)4)10-17(20-21)23-13-19/h5-10,14H,11-12H2,1-4H3. The second-order valence-corrected chi connectivity index (χ2v) is 7.41. The maximum absolute atomic E-state index is 8.85. The van der Waals surface area contributed by atoms with Gasteiger partial charge < -0.3 is 4.74 Å². The van der Waals surface area contributed by atoms with Gasteiger partial charge in [-0.3, -0.25) is 4.68 Å². The largest absolute Gasteiger partial charge is 0.372 e. The van der Waals surface area contributed by atoms with Gasteiger partial charge in [-0.2, -0.15) is 10.4 Å². The zero-order valence-electron chi connectivity index (χ0n) is 14.1. The van der Waals surface area contributed by atoms with Crippen molar-refractivity contribution in [2.24, 2.45) is 0 Å². The van der Waals surface area contributed by atoms with Gasteiger partial charge in [-0.15, -0.1) is 0 Å². The van der Waals surface area contributed by atoms with Crippen molar-refractivity contribution in [3.05, 3.63) is 47.7 Å². The molecule has 0 amide bonds. The summed E-state index contributed by atoms with van der Waals surface area (Å²) in [6.07, 6.45) is 0.0381. The zero-order chi connectivity index (χ0) is 16.9. The molecule has 0 aliphatic rings. The van der Waals surface area contributed by atoms with Crippen LogP contribution >= 0.6 is 11.8 Å². The Morgan fingerprint density at radius 2 is 2.00 bits per heavy atom. The van der Waals surface area contributed by atoms with E-state index in [4.69, 9.17) is 10.00 Å². The molecule has 1 heterocycles. The third kappa shape index (κ3) is 5.12. The fourth-order valence-corrected chi connectivity index (χ4v) is 2.75. The number of rotatable bonds is 6. The normalized spacial score (nSPS) is 12.8. The Labute approximate surface area is 142 Å². The van der Waals surface area contributed by atoms with E-state index in [9.17, 15) is 0 Å². The number of thiocyanates is 1. The van der Waals surface area contributed by atoms with Crippen molar-refractivity contribution in [2.75, 3.05) is 0 Å². The first-order valence-electron chi connectivity index (χ1n) is 7.70. The van der Waals surface area contributed by atoms with E-state index in [2.05, 4.69) is 43.4 Å². The maximum Gasteiger partial charge on any atom is 0.140 e. The fourth-order valence-electron chi connectivity index (χ4n) is 2.34. The van der Waals surface area contributed by atoms with Gasteiger partial charge >= 0.3 is 0 Å². The van der Waals surface area contributed by atoms with Crippen molar-refractivity contribution in [1.82, 2.24) is 9.78 Å². The molecular weight excluding hydrogens is 306 g/mol. The van der Waals surface area contributed by atoms with Crippen LogP contribution in [0.2, 0.25) is 0 Å². The first-order valence-corrected chi connectivity index (χ1v) is 8.51. The second-order valence-electron chi connectivity index (χ2n) is 6.60. The number of nitriles is 1. The monoisotopic (exact) mass is 329 g/mol. The minimum absolute atomic E-state index is 0.0274. The topological polar surface area (TPSA) is 50.8 Å². The summed E-state index contributed by atoms with van der Waals surface area (Å²) in [5.41, 5.74) is 2.25. The van der Waals surface area contributed by atoms with Crippen LogP contribution in [0.25, 0.3) is 0 Å². The third-order valence-corrected chi connectivity index (χ3v) is 3.98. The smallest absolute Gasteiger partial charge is 0.140 e. The average molecular weight is 329 g/mol. The summed E-state index contributed by atoms with van der Waals surface area (Å²) in [5.74, 6) is 0. The molecule has 1 aromatic heterocycles. The summed E-state index contributed by atoms with van der Waals surface area (Å²) < 4.78 is 7.90. The van der Waals surface area contributed by atoms with Gasteiger partial charge in [0.25, 0.3) is 0 Å². The fraction of sp³-hybridized carbons (Fsp3) is 0.444. The van der Waals surface area contributed by atoms with Crippen LogP contribution in [-0.4, -0.2) is 15.9 Å². The predicted octanol–water partition coefficient (Wildman–Crippen LogP) is 4.36. The van der Waals surface area contributed by atoms with Crippen molar-refractivity contribution in [3.8, 4) is 5.40 Å². The Kier molecular flexibility index (Phi) is 5.86. The Balaban J connectivity index is 2.04. The third-order valence-electron chi connectivity index (χ3n) is 3.48. The predicted molar refractivity (Wildman–Crippen MR) is 93.1 cm³/mol. The summed E-state index contributed by atoms with van der Waals surface area (Å²) in [6, 6.07) is 12.1. The highest BCUT2D eigenvalue weighted by Crippen LogP contribution is 2.27. The zero-order valence-corrected chi connectivity index (χ0v) is 14.9. The van der Waals surface area contributed by atoms with Gasteiger partial charge in [0, 0.05) is 22.9 Å². The Hall–Kier alpha value is -1.77. The van der Waals surface area contributed by atoms with Crippen molar-refractivity contribution in [1.29, 1.82) is 5.26 Å². The average Bonchev–Trinajstić information content (AvgIpc) is 2.89. The van der Waals surface area contributed by atoms with Crippen LogP contribution in [0.3, 0.4) is 0 Å². The molecule has 0 spiro atoms. The van der Waals surface area contributed by atoms with Gasteiger partial charge in [-0.25, -0.2) is 0 Å². The van der Waals surface area contributed by atoms with Crippen LogP contribution < -0.4 is 0 Å². The van der Waals surface area contributed by atoms with E-state index in [0.29, 0.717) is 13.2 Å². The molecule has 122 valence electrons. The van der Waals surface area contributed by atoms with E-state index in [0.717, 1.165) is 28.0 Å². The van der Waals surface area contributed by atoms with Crippen LogP contribution in [0.15, 0.2) is 41.4 Å². The molecule has 0 bridgehead atoms. The molecule has 0 fully saturated rings. The molecule has 5 heteroatoms. The van der Waals surface area contributed by atoms with Crippen LogP contribution in [0, 0.1) is 10.7 Å². The van der Waals surface area contributed by atoms with E-state index < -0.39 is 0 Å². The molecule has 0 aliphatic heterocycles. The van der Waals surface area contributed by atoms with Crippen molar-refractivity contribution >= 4 is 11.8 Å². The van der Waals surface area contributed by atoms with E-state index in [1.165, 1.54) is 0 Å². The van der Waals surface area contributed by atoms with E-state index >= 15 is 0 Å². The summed E-state index contributed by atoms with van der Waals surface area (Å²) in [4.78, 5) is 0. The van der Waals surface area contributed by atoms with Crippen molar-refractivity contribution in [2.45, 2.75) is 57.4 Å². The van der Waals surface area contributed by atoms with Gasteiger partial charge in [-0.1, -0.05) is 51.1 Å². The lowest BCUT2D eigenvalue weighted by atomic mass is 9.92. The molecule has 23 heavy (non-hydrogen) atoms. The van der Waals surface area contributed by atoms with Crippen LogP contribution in [0.1, 0.15) is 39.0 Å². The number of thioether (sulfide) groups is 1. The minimum Gasteiger partial charge on any atom is -0.372 e. The molecule has 4 nitrogen and oxygen atoms in total. The number of hydrogen-bond acceptors (Lipinski definition) is 4. The maximum atomic E-state index is 8.85. The van der Waals surface area contributed by atoms with Crippen LogP contribution in [-0.2, 0) is 23.3 Å². The van der Waals surface area contributed by atoms with Gasteiger partial charge in [0.1, 0.15) is 10.4 Å². The van der Waals surface area contributed by atoms with E-state index in [1.54, 1.807) is 0 Å². The molecular formula is C18H23N3OS. The lowest BCUT2D eigenvalue weighted by molar-refractivity contribution is 0.0383. The number of hydrogen-bond donors (Lipinski definition) is 0. The highest BCUT2D eigenvalue weighted by atomic mass is 32.2. The summed E-state index contributed by atoms with van der Waals surface area (Å²) in [5, 5.41) is 16.2. The number of aromatic nitrogens is 2. The highest BCUT2D eigenvalue weighted by molar-refractivity contribution is 8.03. The number of ether oxygens (including phenoxy) is 1. The Bertz CT molecular complexity index is 668. The Morgan fingerprint density at radius 3 is 2.61 bits per heavy atom. The number of nitrogens with zero attached hydrogens (tertiary/aromatic N) is 3. The lowest BCUT2D eigenvalue weighted by Crippen LogP contribution is -2.24. The molecule has 2 rings (SSSR count). The second kappa shape index (κ2) is 7.67. The summed E-state index contributed by atoms with van der Waals surface area (Å²) in [6.45, 7) is 9.76. The van der Waals surface area contributed by atoms with Gasteiger partial charge in [0.2, 0.25) is 0 Å². The number of benzene rings is 1. The molecule has 0 N–H and O–H groups in total. The van der Waals surface area contributed by atoms with Gasteiger partial charge in [0.15, 0.2) is 0 Å². The van der Waals surface area contributed by atoms with Gasteiger partial charge in [0.05, 0.1) is 19.3 Å². The minimum atomic E-state index is -0.0274. The molecule has 0 radical (unpaired) electrons. The molecule has 1 atom stereocenters. The quantitative estimate of drug-likeness (QED) is 0.583. The SMILES string of the molecule is CC(Cn1nc(SC#N)cc1C(C)(C)C)OCc1ccccc1. The molecule has 1 aromatic carbocycles. The molecule has 2 aromatic rings. The van der Waals surface area contributed by atoms with Crippen LogP contribution in [0.5, 0.6) is 0 Å². The van der Waals surface area contributed by atoms with Crippen LogP contribution in [0.4, 0.5) is 0 Å². The summed E-state index contributed by atoms with van der Waals surface area (Å²) >= 11 is 1.10. The molecule has 1 unspecified atom stereocenters. The van der Waals surface area contributed by atoms with Crippen molar-refractivity contribution in [3.63, 3.8) is 0 Å². The molecule has 0 aliphatic carbocycles. The van der Waals surface area contributed by atoms with Crippen molar-refractivity contribution < 1.29 is 4.74 Å². The van der Waals surface area contributed by atoms with E-state index in [1.807, 2.05) is 35.9 Å². The highest BCUT2D eigenvalue weighted by Gasteiger charge is 2.22.